The van der Waals surface area contributed by atoms with Gasteiger partial charge in [-0.05, 0) is 32.2 Å². The molecule has 2 unspecified atom stereocenters. The van der Waals surface area contributed by atoms with Crippen molar-refractivity contribution in [3.8, 4) is 0 Å². The summed E-state index contributed by atoms with van der Waals surface area (Å²) >= 11 is 6.35. The fraction of sp³-hybridized carbons (Fsp3) is 0.800. The zero-order chi connectivity index (χ0) is 15.1. The predicted octanol–water partition coefficient (Wildman–Crippen LogP) is 2.97. The van der Waals surface area contributed by atoms with E-state index in [2.05, 4.69) is 24.3 Å². The van der Waals surface area contributed by atoms with Crippen molar-refractivity contribution in [2.75, 3.05) is 20.3 Å². The molecular weight excluding hydrogens is 274 g/mol. The first-order valence-corrected chi connectivity index (χ1v) is 7.77. The van der Waals surface area contributed by atoms with Crippen molar-refractivity contribution in [1.82, 2.24) is 15.1 Å². The number of hydrogen-bond acceptors (Lipinski definition) is 3. The lowest BCUT2D eigenvalue weighted by Crippen LogP contribution is -2.34. The maximum atomic E-state index is 6.35. The van der Waals surface area contributed by atoms with Gasteiger partial charge in [0.25, 0.3) is 0 Å². The molecule has 0 aromatic carbocycles. The highest BCUT2D eigenvalue weighted by atomic mass is 35.5. The van der Waals surface area contributed by atoms with Gasteiger partial charge in [0.1, 0.15) is 0 Å². The summed E-state index contributed by atoms with van der Waals surface area (Å²) in [5.41, 5.74) is 2.02. The number of rotatable bonds is 9. The van der Waals surface area contributed by atoms with Crippen molar-refractivity contribution in [3.63, 3.8) is 0 Å². The first-order valence-electron chi connectivity index (χ1n) is 7.39. The van der Waals surface area contributed by atoms with E-state index in [0.717, 1.165) is 48.8 Å². The van der Waals surface area contributed by atoms with Gasteiger partial charge in [-0.2, -0.15) is 5.10 Å². The molecule has 2 atom stereocenters. The van der Waals surface area contributed by atoms with Crippen molar-refractivity contribution in [2.24, 2.45) is 13.0 Å². The number of aromatic nitrogens is 2. The summed E-state index contributed by atoms with van der Waals surface area (Å²) in [7, 11) is 3.72. The van der Waals surface area contributed by atoms with E-state index in [4.69, 9.17) is 16.3 Å². The van der Waals surface area contributed by atoms with Crippen molar-refractivity contribution < 1.29 is 4.74 Å². The van der Waals surface area contributed by atoms with Crippen LogP contribution in [0.2, 0.25) is 5.02 Å². The zero-order valence-corrected chi connectivity index (χ0v) is 14.1. The summed E-state index contributed by atoms with van der Waals surface area (Å²) in [6, 6.07) is 0.410. The molecule has 1 N–H and O–H groups in total. The van der Waals surface area contributed by atoms with Crippen LogP contribution in [0, 0.1) is 12.8 Å². The minimum absolute atomic E-state index is 0.410. The van der Waals surface area contributed by atoms with E-state index in [1.165, 1.54) is 0 Å². The van der Waals surface area contributed by atoms with E-state index < -0.39 is 0 Å². The highest BCUT2D eigenvalue weighted by molar-refractivity contribution is 6.31. The Morgan fingerprint density at radius 1 is 1.45 bits per heavy atom. The van der Waals surface area contributed by atoms with E-state index in [0.29, 0.717) is 12.0 Å². The zero-order valence-electron chi connectivity index (χ0n) is 13.4. The molecule has 0 spiro atoms. The van der Waals surface area contributed by atoms with E-state index in [9.17, 15) is 0 Å². The minimum atomic E-state index is 0.410. The second-order valence-corrected chi connectivity index (χ2v) is 6.00. The molecule has 0 aliphatic carbocycles. The number of aryl methyl sites for hydroxylation is 2. The molecule has 20 heavy (non-hydrogen) atoms. The van der Waals surface area contributed by atoms with E-state index in [1.807, 2.05) is 18.7 Å². The van der Waals surface area contributed by atoms with Gasteiger partial charge in [0.15, 0.2) is 0 Å². The topological polar surface area (TPSA) is 39.1 Å². The Hall–Kier alpha value is -0.580. The number of halogens is 1. The number of hydrogen-bond donors (Lipinski definition) is 1. The average Bonchev–Trinajstić information content (AvgIpc) is 2.62. The van der Waals surface area contributed by atoms with Crippen molar-refractivity contribution in [2.45, 2.75) is 46.1 Å². The largest absolute Gasteiger partial charge is 0.384 e. The minimum Gasteiger partial charge on any atom is -0.384 e. The van der Waals surface area contributed by atoms with Gasteiger partial charge in [0.05, 0.1) is 16.4 Å². The lowest BCUT2D eigenvalue weighted by molar-refractivity contribution is 0.149. The first-order chi connectivity index (χ1) is 9.49. The Morgan fingerprint density at radius 2 is 2.15 bits per heavy atom. The van der Waals surface area contributed by atoms with Crippen LogP contribution in [-0.2, 0) is 18.2 Å². The van der Waals surface area contributed by atoms with Crippen LogP contribution < -0.4 is 5.32 Å². The fourth-order valence-electron chi connectivity index (χ4n) is 2.56. The van der Waals surface area contributed by atoms with Gasteiger partial charge < -0.3 is 10.1 Å². The lowest BCUT2D eigenvalue weighted by atomic mass is 9.98. The second-order valence-electron chi connectivity index (χ2n) is 5.62. The third-order valence-corrected chi connectivity index (χ3v) is 4.01. The van der Waals surface area contributed by atoms with Crippen molar-refractivity contribution in [1.29, 1.82) is 0 Å². The summed E-state index contributed by atoms with van der Waals surface area (Å²) in [6.45, 7) is 8.18. The van der Waals surface area contributed by atoms with Crippen LogP contribution >= 0.6 is 11.6 Å². The number of nitrogens with zero attached hydrogens (tertiary/aromatic N) is 2. The predicted molar refractivity (Wildman–Crippen MR) is 84.4 cm³/mol. The molecule has 0 saturated carbocycles. The average molecular weight is 302 g/mol. The Balaban J connectivity index is 2.72. The van der Waals surface area contributed by atoms with Gasteiger partial charge in [0, 0.05) is 33.2 Å². The molecule has 0 aliphatic heterocycles. The molecule has 0 aliphatic rings. The fourth-order valence-corrected chi connectivity index (χ4v) is 2.80. The molecule has 5 heteroatoms. The van der Waals surface area contributed by atoms with Gasteiger partial charge in [-0.25, -0.2) is 0 Å². The van der Waals surface area contributed by atoms with Crippen LogP contribution in [0.3, 0.4) is 0 Å². The van der Waals surface area contributed by atoms with Crippen molar-refractivity contribution >= 4 is 11.6 Å². The third-order valence-electron chi connectivity index (χ3n) is 3.52. The van der Waals surface area contributed by atoms with Crippen LogP contribution in [0.5, 0.6) is 0 Å². The summed E-state index contributed by atoms with van der Waals surface area (Å²) in [5.74, 6) is 0.530. The molecule has 1 aromatic heterocycles. The standard InChI is InChI=1S/C15H28ClN3O/c1-6-7-17-13(8-11(2)10-20-5)9-14-15(16)12(3)18-19(14)4/h11,13,17H,6-10H2,1-5H3. The van der Waals surface area contributed by atoms with Crippen LogP contribution in [0.1, 0.15) is 38.1 Å². The molecular formula is C15H28ClN3O. The molecule has 4 nitrogen and oxygen atoms in total. The molecule has 0 fully saturated rings. The van der Waals surface area contributed by atoms with Crippen LogP contribution in [-0.4, -0.2) is 36.1 Å². The monoisotopic (exact) mass is 301 g/mol. The Labute approximate surface area is 127 Å². The smallest absolute Gasteiger partial charge is 0.0847 e. The number of nitrogens with one attached hydrogen (secondary N) is 1. The summed E-state index contributed by atoms with van der Waals surface area (Å²) in [5, 5.41) is 8.81. The van der Waals surface area contributed by atoms with Crippen molar-refractivity contribution in [3.05, 3.63) is 16.4 Å². The molecule has 116 valence electrons. The normalized spacial score (nSPS) is 14.5. The van der Waals surface area contributed by atoms with E-state index in [-0.39, 0.29) is 0 Å². The van der Waals surface area contributed by atoms with Crippen LogP contribution in [0.4, 0.5) is 0 Å². The highest BCUT2D eigenvalue weighted by Crippen LogP contribution is 2.22. The third kappa shape index (κ3) is 5.08. The summed E-state index contributed by atoms with van der Waals surface area (Å²) in [6.07, 6.45) is 3.12. The quantitative estimate of drug-likeness (QED) is 0.762. The Morgan fingerprint density at radius 3 is 2.65 bits per heavy atom. The first kappa shape index (κ1) is 17.5. The van der Waals surface area contributed by atoms with Crippen LogP contribution in [0.15, 0.2) is 0 Å². The molecule has 0 saturated heterocycles. The second kappa shape index (κ2) is 8.65. The van der Waals surface area contributed by atoms with Gasteiger partial charge in [-0.1, -0.05) is 25.4 Å². The summed E-state index contributed by atoms with van der Waals surface area (Å²) in [4.78, 5) is 0. The van der Waals surface area contributed by atoms with E-state index in [1.54, 1.807) is 7.11 Å². The molecule has 0 bridgehead atoms. The molecule has 1 rings (SSSR count). The van der Waals surface area contributed by atoms with Gasteiger partial charge in [-0.15, -0.1) is 0 Å². The van der Waals surface area contributed by atoms with Crippen LogP contribution in [0.25, 0.3) is 0 Å². The summed E-state index contributed by atoms with van der Waals surface area (Å²) < 4.78 is 7.14. The molecule has 0 radical (unpaired) electrons. The highest BCUT2D eigenvalue weighted by Gasteiger charge is 2.18. The Bertz CT molecular complexity index is 406. The van der Waals surface area contributed by atoms with Gasteiger partial charge >= 0.3 is 0 Å². The molecule has 0 amide bonds. The Kier molecular flexibility index (Phi) is 7.56. The molecule has 1 heterocycles. The maximum absolute atomic E-state index is 6.35. The number of ether oxygens (including phenoxy) is 1. The maximum Gasteiger partial charge on any atom is 0.0847 e. The lowest BCUT2D eigenvalue weighted by Gasteiger charge is -2.22. The SMILES string of the molecule is CCCNC(Cc1c(Cl)c(C)nn1C)CC(C)COC. The van der Waals surface area contributed by atoms with Gasteiger partial charge in [0.2, 0.25) is 0 Å². The molecule has 1 aromatic rings. The number of methoxy groups -OCH3 is 1. The van der Waals surface area contributed by atoms with Gasteiger partial charge in [-0.3, -0.25) is 4.68 Å². The van der Waals surface area contributed by atoms with E-state index >= 15 is 0 Å².